The number of hydrogen-bond donors (Lipinski definition) is 0. The first-order valence-corrected chi connectivity index (χ1v) is 6.49. The Bertz CT molecular complexity index is 433. The van der Waals surface area contributed by atoms with E-state index in [2.05, 4.69) is 14.8 Å². The van der Waals surface area contributed by atoms with Crippen LogP contribution in [0.4, 0.5) is 5.13 Å². The third kappa shape index (κ3) is 3.35. The highest BCUT2D eigenvalue weighted by atomic mass is 127. The van der Waals surface area contributed by atoms with Crippen molar-refractivity contribution < 1.29 is 4.79 Å². The first-order chi connectivity index (χ1) is 7.56. The second kappa shape index (κ2) is 6.06. The van der Waals surface area contributed by atoms with Gasteiger partial charge in [-0.25, -0.2) is 4.98 Å². The molecule has 6 heteroatoms. The third-order valence-electron chi connectivity index (χ3n) is 1.83. The Morgan fingerprint density at radius 2 is 2.25 bits per heavy atom. The summed E-state index contributed by atoms with van der Waals surface area (Å²) in [6.45, 7) is 0.617. The van der Waals surface area contributed by atoms with Gasteiger partial charge in [-0.2, -0.15) is 0 Å². The second-order valence-corrected chi connectivity index (χ2v) is 4.72. The molecule has 16 heavy (non-hydrogen) atoms. The summed E-state index contributed by atoms with van der Waals surface area (Å²) < 4.78 is 2.80. The lowest BCUT2D eigenvalue weighted by Gasteiger charge is -2.11. The van der Waals surface area contributed by atoms with E-state index in [0.717, 1.165) is 5.13 Å². The summed E-state index contributed by atoms with van der Waals surface area (Å²) >= 11 is 3.45. The van der Waals surface area contributed by atoms with Gasteiger partial charge in [0.2, 0.25) is 0 Å². The van der Waals surface area contributed by atoms with Crippen molar-refractivity contribution in [3.05, 3.63) is 11.1 Å². The van der Waals surface area contributed by atoms with Crippen LogP contribution >= 0.6 is 33.9 Å². The minimum atomic E-state index is -0.0733. The van der Waals surface area contributed by atoms with Crippen LogP contribution in [0.5, 0.6) is 0 Å². The molecular weight excluding hydrogens is 337 g/mol. The lowest BCUT2D eigenvalue weighted by Crippen LogP contribution is -2.22. The zero-order chi connectivity index (χ0) is 12.1. The monoisotopic (exact) mass is 349 g/mol. The van der Waals surface area contributed by atoms with Gasteiger partial charge in [0.25, 0.3) is 5.91 Å². The maximum atomic E-state index is 11.6. The van der Waals surface area contributed by atoms with Crippen molar-refractivity contribution in [2.45, 2.75) is 0 Å². The zero-order valence-corrected chi connectivity index (χ0v) is 12.3. The Kier molecular flexibility index (Phi) is 5.02. The molecule has 1 amide bonds. The van der Waals surface area contributed by atoms with Crippen LogP contribution in [-0.2, 0) is 0 Å². The smallest absolute Gasteiger partial charge is 0.272 e. The highest BCUT2D eigenvalue weighted by Gasteiger charge is 2.13. The average molecular weight is 349 g/mol. The van der Waals surface area contributed by atoms with Crippen LogP contribution in [0.1, 0.15) is 10.5 Å². The predicted octanol–water partition coefficient (Wildman–Crippen LogP) is 1.68. The number of nitrogens with zero attached hydrogens (tertiary/aromatic N) is 3. The van der Waals surface area contributed by atoms with Crippen molar-refractivity contribution in [3.63, 3.8) is 0 Å². The zero-order valence-electron chi connectivity index (χ0n) is 9.32. The van der Waals surface area contributed by atoms with Gasteiger partial charge in [0.15, 0.2) is 5.13 Å². The summed E-state index contributed by atoms with van der Waals surface area (Å²) in [5.74, 6) is 2.87. The largest absolute Gasteiger partial charge is 0.343 e. The van der Waals surface area contributed by atoms with Crippen molar-refractivity contribution in [2.24, 2.45) is 0 Å². The van der Waals surface area contributed by atoms with Gasteiger partial charge in [-0.05, 0) is 3.93 Å². The van der Waals surface area contributed by atoms with E-state index in [4.69, 9.17) is 0 Å². The van der Waals surface area contributed by atoms with Crippen molar-refractivity contribution in [1.29, 1.82) is 0 Å². The fourth-order valence-electron chi connectivity index (χ4n) is 0.983. The first kappa shape index (κ1) is 13.3. The van der Waals surface area contributed by atoms with Crippen molar-refractivity contribution >= 4 is 45.0 Å². The summed E-state index contributed by atoms with van der Waals surface area (Å²) in [5, 5.41) is 2.58. The fraction of sp³-hybridized carbons (Fsp3) is 0.400. The summed E-state index contributed by atoms with van der Waals surface area (Å²) in [5.41, 5.74) is 0.485. The van der Waals surface area contributed by atoms with Crippen LogP contribution in [0, 0.1) is 9.85 Å². The molecule has 0 spiro atoms. The Morgan fingerprint density at radius 1 is 1.56 bits per heavy atom. The number of rotatable bonds is 3. The fourth-order valence-corrected chi connectivity index (χ4v) is 1.92. The normalized spacial score (nSPS) is 9.25. The van der Waals surface area contributed by atoms with E-state index in [1.54, 1.807) is 19.5 Å². The molecule has 0 bridgehead atoms. The summed E-state index contributed by atoms with van der Waals surface area (Å²) in [6, 6.07) is 0. The predicted molar refractivity (Wildman–Crippen MR) is 75.2 cm³/mol. The van der Waals surface area contributed by atoms with Gasteiger partial charge in [0.05, 0.1) is 6.54 Å². The summed E-state index contributed by atoms with van der Waals surface area (Å²) in [7, 11) is 5.34. The maximum absolute atomic E-state index is 11.6. The number of halogens is 1. The second-order valence-electron chi connectivity index (χ2n) is 3.34. The molecule has 0 radical (unpaired) electrons. The Balaban J connectivity index is 2.77. The van der Waals surface area contributed by atoms with Crippen LogP contribution < -0.4 is 4.90 Å². The first-order valence-electron chi connectivity index (χ1n) is 4.53. The van der Waals surface area contributed by atoms with Crippen LogP contribution in [0.25, 0.3) is 0 Å². The SMILES string of the molecule is CN(C)C(=O)c1csc(N(C)CC#CI)n1. The molecule has 1 aromatic rings. The minimum Gasteiger partial charge on any atom is -0.343 e. The number of hydrogen-bond acceptors (Lipinski definition) is 4. The molecule has 0 aromatic carbocycles. The molecule has 0 N–H and O–H groups in total. The highest BCUT2D eigenvalue weighted by Crippen LogP contribution is 2.19. The van der Waals surface area contributed by atoms with Gasteiger partial charge < -0.3 is 9.80 Å². The molecule has 0 atom stereocenters. The lowest BCUT2D eigenvalue weighted by molar-refractivity contribution is 0.0823. The minimum absolute atomic E-state index is 0.0733. The van der Waals surface area contributed by atoms with Crippen LogP contribution in [-0.4, -0.2) is 43.5 Å². The van der Waals surface area contributed by atoms with Gasteiger partial charge in [0, 0.05) is 49.1 Å². The molecule has 0 fully saturated rings. The number of carbonyl (C=O) groups excluding carboxylic acids is 1. The van der Waals surface area contributed by atoms with Crippen LogP contribution in [0.3, 0.4) is 0 Å². The Morgan fingerprint density at radius 3 is 2.81 bits per heavy atom. The van der Waals surface area contributed by atoms with Crippen molar-refractivity contribution in [1.82, 2.24) is 9.88 Å². The number of aromatic nitrogens is 1. The van der Waals surface area contributed by atoms with Crippen LogP contribution in [0.15, 0.2) is 5.38 Å². The molecule has 4 nitrogen and oxygen atoms in total. The lowest BCUT2D eigenvalue weighted by atomic mass is 10.4. The van der Waals surface area contributed by atoms with E-state index in [9.17, 15) is 4.79 Å². The topological polar surface area (TPSA) is 36.4 Å². The van der Waals surface area contributed by atoms with Gasteiger partial charge in [0.1, 0.15) is 5.69 Å². The molecule has 1 rings (SSSR count). The van der Waals surface area contributed by atoms with E-state index < -0.39 is 0 Å². The number of carbonyl (C=O) groups is 1. The highest BCUT2D eigenvalue weighted by molar-refractivity contribution is 14.1. The van der Waals surface area contributed by atoms with E-state index in [1.807, 2.05) is 34.5 Å². The molecule has 0 unspecified atom stereocenters. The summed E-state index contributed by atoms with van der Waals surface area (Å²) in [6.07, 6.45) is 0. The third-order valence-corrected chi connectivity index (χ3v) is 3.16. The molecule has 0 aliphatic heterocycles. The van der Waals surface area contributed by atoms with Crippen LogP contribution in [0.2, 0.25) is 0 Å². The van der Waals surface area contributed by atoms with E-state index >= 15 is 0 Å². The maximum Gasteiger partial charge on any atom is 0.272 e. The average Bonchev–Trinajstić information content (AvgIpc) is 2.73. The molecule has 1 heterocycles. The number of anilines is 1. The molecule has 0 aliphatic carbocycles. The molecular formula is C10H12IN3OS. The molecule has 0 aliphatic rings. The molecule has 0 saturated heterocycles. The van der Waals surface area contributed by atoms with Crippen molar-refractivity contribution in [2.75, 3.05) is 32.6 Å². The summed E-state index contributed by atoms with van der Waals surface area (Å²) in [4.78, 5) is 19.3. The molecule has 0 saturated carbocycles. The van der Waals surface area contributed by atoms with Gasteiger partial charge in [-0.3, -0.25) is 4.79 Å². The number of amides is 1. The van der Waals surface area contributed by atoms with Gasteiger partial charge >= 0.3 is 0 Å². The Labute approximate surface area is 113 Å². The van der Waals surface area contributed by atoms with Crippen molar-refractivity contribution in [3.8, 4) is 9.85 Å². The quantitative estimate of drug-likeness (QED) is 0.616. The Hall–Kier alpha value is -0.810. The molecule has 1 aromatic heterocycles. The standard InChI is InChI=1S/C10H12IN3OS/c1-13(2)9(15)8-7-16-10(12-8)14(3)6-4-5-11/h7H,6H2,1-3H3. The number of thiazole rings is 1. The van der Waals surface area contributed by atoms with E-state index in [1.165, 1.54) is 16.2 Å². The van der Waals surface area contributed by atoms with Gasteiger partial charge in [-0.15, -0.1) is 11.3 Å². The van der Waals surface area contributed by atoms with E-state index in [-0.39, 0.29) is 5.91 Å². The van der Waals surface area contributed by atoms with Gasteiger partial charge in [-0.1, -0.05) is 5.92 Å². The molecule has 86 valence electrons. The van der Waals surface area contributed by atoms with E-state index in [0.29, 0.717) is 12.2 Å².